The smallest absolute Gasteiger partial charge is 0.114 e. The van der Waals surface area contributed by atoms with E-state index in [1.165, 1.54) is 16.8 Å². The molecule has 2 aromatic heterocycles. The predicted octanol–water partition coefficient (Wildman–Crippen LogP) is 5.17. The fraction of sp³-hybridized carbons (Fsp3) is 0.348. The number of imidazole rings is 1. The van der Waals surface area contributed by atoms with Crippen LogP contribution in [0.5, 0.6) is 0 Å². The molecule has 0 saturated carbocycles. The van der Waals surface area contributed by atoms with Crippen LogP contribution < -0.4 is 0 Å². The van der Waals surface area contributed by atoms with Crippen LogP contribution in [0.4, 0.5) is 0 Å². The molecule has 6 heteroatoms. The summed E-state index contributed by atoms with van der Waals surface area (Å²) >= 11 is 0. The molecule has 153 valence electrons. The third kappa shape index (κ3) is 3.67. The van der Waals surface area contributed by atoms with E-state index < -0.39 is 0 Å². The van der Waals surface area contributed by atoms with Gasteiger partial charge in [-0.05, 0) is 35.4 Å². The summed E-state index contributed by atoms with van der Waals surface area (Å²) in [5.41, 5.74) is 6.71. The molecule has 4 aromatic rings. The quantitative estimate of drug-likeness (QED) is 0.321. The number of nitrogens with zero attached hydrogens (tertiary/aromatic N) is 5. The van der Waals surface area contributed by atoms with Gasteiger partial charge in [0.15, 0.2) is 0 Å². The number of aromatic nitrogens is 5. The van der Waals surface area contributed by atoms with E-state index in [4.69, 9.17) is 0 Å². The normalized spacial score (nSPS) is 11.4. The molecule has 0 aliphatic carbocycles. The Labute approximate surface area is 185 Å². The fourth-order valence-corrected chi connectivity index (χ4v) is 3.76. The molecular formula is C23H26IrN5-. The van der Waals surface area contributed by atoms with Crippen molar-refractivity contribution >= 4 is 11.0 Å². The number of para-hydroxylation sites is 1. The zero-order valence-electron chi connectivity index (χ0n) is 17.7. The fourth-order valence-electron chi connectivity index (χ4n) is 3.76. The van der Waals surface area contributed by atoms with Gasteiger partial charge >= 0.3 is 0 Å². The van der Waals surface area contributed by atoms with Crippen LogP contribution in [0.2, 0.25) is 0 Å². The van der Waals surface area contributed by atoms with Crippen molar-refractivity contribution in [2.75, 3.05) is 0 Å². The Morgan fingerprint density at radius 1 is 1.03 bits per heavy atom. The first kappa shape index (κ1) is 21.4. The van der Waals surface area contributed by atoms with Crippen molar-refractivity contribution in [1.29, 1.82) is 0 Å². The van der Waals surface area contributed by atoms with Crippen LogP contribution in [0.3, 0.4) is 0 Å². The van der Waals surface area contributed by atoms with Gasteiger partial charge in [-0.25, -0.2) is 0 Å². The number of aryl methyl sites for hydroxylation is 2. The average Bonchev–Trinajstić information content (AvgIpc) is 3.26. The van der Waals surface area contributed by atoms with Gasteiger partial charge in [-0.15, -0.1) is 28.9 Å². The third-order valence-electron chi connectivity index (χ3n) is 5.41. The molecule has 0 aliphatic heterocycles. The minimum atomic E-state index is 0. The molecule has 5 nitrogen and oxygen atoms in total. The largest absolute Gasteiger partial charge is 0.349 e. The van der Waals surface area contributed by atoms with Crippen LogP contribution in [-0.2, 0) is 27.2 Å². The Balaban J connectivity index is 0.00000240. The minimum absolute atomic E-state index is 0. The summed E-state index contributed by atoms with van der Waals surface area (Å²) < 4.78 is 4.21. The van der Waals surface area contributed by atoms with Crippen molar-refractivity contribution in [1.82, 2.24) is 24.3 Å². The Morgan fingerprint density at radius 3 is 2.31 bits per heavy atom. The maximum absolute atomic E-state index is 4.58. The first-order valence-corrected chi connectivity index (χ1v) is 9.76. The zero-order valence-corrected chi connectivity index (χ0v) is 20.1. The van der Waals surface area contributed by atoms with Crippen LogP contribution in [0.25, 0.3) is 28.1 Å². The average molecular weight is 565 g/mol. The molecule has 0 amide bonds. The van der Waals surface area contributed by atoms with Gasteiger partial charge in [0.1, 0.15) is 6.33 Å². The molecular weight excluding hydrogens is 539 g/mol. The van der Waals surface area contributed by atoms with Crippen molar-refractivity contribution in [3.05, 3.63) is 59.7 Å². The second kappa shape index (κ2) is 8.21. The topological polar surface area (TPSA) is 48.5 Å². The van der Waals surface area contributed by atoms with Crippen LogP contribution in [0.1, 0.15) is 56.5 Å². The molecule has 4 rings (SSSR count). The Hall–Kier alpha value is -2.30. The Kier molecular flexibility index (Phi) is 6.06. The summed E-state index contributed by atoms with van der Waals surface area (Å²) in [4.78, 5) is 4.58. The van der Waals surface area contributed by atoms with E-state index in [2.05, 4.69) is 82.3 Å². The van der Waals surface area contributed by atoms with Crippen molar-refractivity contribution < 1.29 is 20.1 Å². The maximum Gasteiger partial charge on any atom is 0.114 e. The third-order valence-corrected chi connectivity index (χ3v) is 5.41. The van der Waals surface area contributed by atoms with Crippen molar-refractivity contribution in [3.8, 4) is 17.1 Å². The second-order valence-corrected chi connectivity index (χ2v) is 7.95. The van der Waals surface area contributed by atoms with Gasteiger partial charge in [-0.2, -0.15) is 5.10 Å². The molecule has 2 aromatic carbocycles. The van der Waals surface area contributed by atoms with Crippen LogP contribution in [0.15, 0.2) is 36.7 Å². The summed E-state index contributed by atoms with van der Waals surface area (Å²) in [6.07, 6.45) is 1.81. The van der Waals surface area contributed by atoms with Gasteiger partial charge < -0.3 is 9.13 Å². The van der Waals surface area contributed by atoms with Crippen molar-refractivity contribution in [3.63, 3.8) is 0 Å². The number of rotatable bonds is 4. The van der Waals surface area contributed by atoms with Gasteiger partial charge in [-0.1, -0.05) is 45.9 Å². The SMILES string of the molecule is Cc1nc2c[c-]c(-c3nncn3-c3c(C(C)C)cccc3C(C)C)cc2n1C.[Ir]. The molecule has 0 spiro atoms. The zero-order chi connectivity index (χ0) is 20.0. The van der Waals surface area contributed by atoms with Crippen LogP contribution in [-0.4, -0.2) is 24.3 Å². The molecule has 0 N–H and O–H groups in total. The van der Waals surface area contributed by atoms with E-state index in [9.17, 15) is 0 Å². The van der Waals surface area contributed by atoms with Gasteiger partial charge in [0.2, 0.25) is 0 Å². The maximum atomic E-state index is 4.58. The molecule has 0 bridgehead atoms. The van der Waals surface area contributed by atoms with E-state index in [1.807, 2.05) is 26.4 Å². The molecule has 0 fully saturated rings. The van der Waals surface area contributed by atoms with E-state index in [0.29, 0.717) is 11.8 Å². The molecule has 1 radical (unpaired) electrons. The summed E-state index contributed by atoms with van der Waals surface area (Å²) in [5, 5.41) is 8.71. The van der Waals surface area contributed by atoms with Crippen LogP contribution >= 0.6 is 0 Å². The number of hydrogen-bond donors (Lipinski definition) is 0. The molecule has 0 saturated heterocycles. The monoisotopic (exact) mass is 565 g/mol. The molecule has 0 unspecified atom stereocenters. The van der Waals surface area contributed by atoms with E-state index in [-0.39, 0.29) is 20.1 Å². The first-order valence-electron chi connectivity index (χ1n) is 9.76. The molecule has 0 aliphatic rings. The van der Waals surface area contributed by atoms with Gasteiger partial charge in [0.05, 0.1) is 11.6 Å². The molecule has 0 atom stereocenters. The number of hydrogen-bond acceptors (Lipinski definition) is 3. The number of benzene rings is 2. The minimum Gasteiger partial charge on any atom is -0.349 e. The van der Waals surface area contributed by atoms with Crippen molar-refractivity contribution in [2.24, 2.45) is 7.05 Å². The van der Waals surface area contributed by atoms with E-state index in [1.54, 1.807) is 0 Å². The summed E-state index contributed by atoms with van der Waals surface area (Å²) in [6, 6.07) is 14.0. The van der Waals surface area contributed by atoms with Gasteiger partial charge in [0, 0.05) is 38.4 Å². The molecule has 29 heavy (non-hydrogen) atoms. The Bertz CT molecular complexity index is 1130. The van der Waals surface area contributed by atoms with Gasteiger partial charge in [-0.3, -0.25) is 4.98 Å². The Morgan fingerprint density at radius 2 is 1.69 bits per heavy atom. The standard InChI is InChI=1S/C23H26N5.Ir/c1-14(2)18-8-7-9-19(15(3)4)22(18)28-13-24-26-23(28)17-10-11-20-21(12-17)27(6)16(5)25-20;/h7-9,11-15H,1-6H3;/q-1;. The summed E-state index contributed by atoms with van der Waals surface area (Å²) in [5.74, 6) is 2.58. The van der Waals surface area contributed by atoms with Gasteiger partial charge in [0.25, 0.3) is 0 Å². The summed E-state index contributed by atoms with van der Waals surface area (Å²) in [6.45, 7) is 10.9. The van der Waals surface area contributed by atoms with E-state index >= 15 is 0 Å². The van der Waals surface area contributed by atoms with Crippen molar-refractivity contribution in [2.45, 2.75) is 46.5 Å². The number of fused-ring (bicyclic) bond motifs is 1. The molecule has 2 heterocycles. The van der Waals surface area contributed by atoms with Crippen LogP contribution in [0, 0.1) is 13.0 Å². The van der Waals surface area contributed by atoms with E-state index in [0.717, 1.165) is 28.2 Å². The summed E-state index contributed by atoms with van der Waals surface area (Å²) in [7, 11) is 2.03. The predicted molar refractivity (Wildman–Crippen MR) is 113 cm³/mol. The second-order valence-electron chi connectivity index (χ2n) is 7.95. The first-order chi connectivity index (χ1) is 13.4.